The second-order valence-electron chi connectivity index (χ2n) is 8.95. The Labute approximate surface area is 171 Å². The molecule has 0 bridgehead atoms. The molecule has 0 amide bonds. The fourth-order valence-electron chi connectivity index (χ4n) is 3.70. The summed E-state index contributed by atoms with van der Waals surface area (Å²) in [6.45, 7) is 10.7. The van der Waals surface area contributed by atoms with Crippen LogP contribution < -0.4 is 4.72 Å². The average Bonchev–Trinajstić information content (AvgIpc) is 2.53. The minimum absolute atomic E-state index is 0.0983. The van der Waals surface area contributed by atoms with E-state index >= 15 is 0 Å². The van der Waals surface area contributed by atoms with Gasteiger partial charge in [-0.05, 0) is 63.6 Å². The predicted molar refractivity (Wildman–Crippen MR) is 113 cm³/mol. The second kappa shape index (κ2) is 9.36. The van der Waals surface area contributed by atoms with E-state index in [0.717, 1.165) is 24.3 Å². The van der Waals surface area contributed by atoms with Crippen molar-refractivity contribution in [2.45, 2.75) is 76.2 Å². The van der Waals surface area contributed by atoms with Crippen LogP contribution in [0.2, 0.25) is 5.02 Å². The van der Waals surface area contributed by atoms with Gasteiger partial charge < -0.3 is 9.47 Å². The van der Waals surface area contributed by atoms with Crippen molar-refractivity contribution in [3.63, 3.8) is 0 Å². The zero-order valence-corrected chi connectivity index (χ0v) is 19.0. The summed E-state index contributed by atoms with van der Waals surface area (Å²) < 4.78 is 26.9. The van der Waals surface area contributed by atoms with Crippen molar-refractivity contribution in [3.05, 3.63) is 34.9 Å². The summed E-state index contributed by atoms with van der Waals surface area (Å²) in [4.78, 5) is 0. The van der Waals surface area contributed by atoms with Gasteiger partial charge in [-0.2, -0.15) is 0 Å². The molecular formula is C21H34ClNO3S. The van der Waals surface area contributed by atoms with Gasteiger partial charge in [-0.25, -0.2) is 8.93 Å². The average molecular weight is 416 g/mol. The number of rotatable bonds is 9. The van der Waals surface area contributed by atoms with Crippen LogP contribution in [0.15, 0.2) is 24.3 Å². The quantitative estimate of drug-likeness (QED) is 0.587. The van der Waals surface area contributed by atoms with Crippen molar-refractivity contribution in [1.82, 2.24) is 4.72 Å². The van der Waals surface area contributed by atoms with Gasteiger partial charge in [0.1, 0.15) is 6.79 Å². The number of halogens is 1. The van der Waals surface area contributed by atoms with Crippen molar-refractivity contribution in [2.24, 2.45) is 5.92 Å². The number of hydrogen-bond donors (Lipinski definition) is 1. The molecule has 1 aromatic rings. The molecule has 1 aliphatic rings. The van der Waals surface area contributed by atoms with Gasteiger partial charge in [-0.15, -0.1) is 0 Å². The highest BCUT2D eigenvalue weighted by molar-refractivity contribution is 7.84. The first-order chi connectivity index (χ1) is 12.6. The molecule has 1 saturated carbocycles. The lowest BCUT2D eigenvalue weighted by molar-refractivity contribution is -0.127. The predicted octanol–water partition coefficient (Wildman–Crippen LogP) is 4.83. The molecule has 1 fully saturated rings. The Balaban J connectivity index is 2.33. The molecule has 4 nitrogen and oxygen atoms in total. The van der Waals surface area contributed by atoms with Gasteiger partial charge in [-0.1, -0.05) is 37.6 Å². The van der Waals surface area contributed by atoms with E-state index < -0.39 is 11.0 Å². The fraction of sp³-hybridized carbons (Fsp3) is 0.714. The Morgan fingerprint density at radius 1 is 1.26 bits per heavy atom. The van der Waals surface area contributed by atoms with Crippen LogP contribution in [0.3, 0.4) is 0 Å². The van der Waals surface area contributed by atoms with Crippen molar-refractivity contribution in [2.75, 3.05) is 13.9 Å². The van der Waals surface area contributed by atoms with Crippen LogP contribution in [0.1, 0.15) is 59.4 Å². The Kier molecular flexibility index (Phi) is 7.91. The summed E-state index contributed by atoms with van der Waals surface area (Å²) >= 11 is 6.12. The number of hydrogen-bond acceptors (Lipinski definition) is 3. The Hall–Kier alpha value is -0.460. The van der Waals surface area contributed by atoms with Gasteiger partial charge in [-0.3, -0.25) is 0 Å². The monoisotopic (exact) mass is 415 g/mol. The lowest BCUT2D eigenvalue weighted by Gasteiger charge is -2.53. The standard InChI is InChI=1S/C21H34ClNO3S/c1-15(2)11-19(23-27(24)20(3,4)5)21(12-18(13-21)26-14-25-6)16-7-9-17(22)10-8-16/h7-10,15,18-19,23H,11-14H2,1-6H3. The third kappa shape index (κ3) is 5.77. The zero-order valence-electron chi connectivity index (χ0n) is 17.4. The topological polar surface area (TPSA) is 47.6 Å². The smallest absolute Gasteiger partial charge is 0.146 e. The molecule has 1 aliphatic carbocycles. The van der Waals surface area contributed by atoms with Gasteiger partial charge >= 0.3 is 0 Å². The SMILES string of the molecule is COCOC1CC(c2ccc(Cl)cc2)(C(CC(C)C)NS(=O)C(C)(C)C)C1. The van der Waals surface area contributed by atoms with Crippen LogP contribution in [0.4, 0.5) is 0 Å². The lowest BCUT2D eigenvalue weighted by Crippen LogP contribution is -2.60. The maximum absolute atomic E-state index is 12.9. The molecule has 0 radical (unpaired) electrons. The van der Waals surface area contributed by atoms with Crippen LogP contribution in [0, 0.1) is 5.92 Å². The molecule has 0 aliphatic heterocycles. The molecule has 2 rings (SSSR count). The van der Waals surface area contributed by atoms with E-state index in [1.54, 1.807) is 7.11 Å². The minimum atomic E-state index is -1.13. The highest BCUT2D eigenvalue weighted by atomic mass is 35.5. The molecule has 0 heterocycles. The summed E-state index contributed by atoms with van der Waals surface area (Å²) in [6, 6.07) is 8.18. The van der Waals surface area contributed by atoms with E-state index in [-0.39, 0.29) is 22.3 Å². The van der Waals surface area contributed by atoms with Crippen molar-refractivity contribution >= 4 is 22.6 Å². The maximum atomic E-state index is 12.9. The summed E-state index contributed by atoms with van der Waals surface area (Å²) in [7, 11) is 0.505. The molecular weight excluding hydrogens is 382 g/mol. The van der Waals surface area contributed by atoms with E-state index in [2.05, 4.69) is 30.7 Å². The molecule has 6 heteroatoms. The number of benzene rings is 1. The minimum Gasteiger partial charge on any atom is -0.359 e. The Morgan fingerprint density at radius 2 is 1.85 bits per heavy atom. The highest BCUT2D eigenvalue weighted by Crippen LogP contribution is 2.49. The third-order valence-corrected chi connectivity index (χ3v) is 7.07. The molecule has 2 unspecified atom stereocenters. The molecule has 2 atom stereocenters. The normalized spacial score (nSPS) is 25.3. The van der Waals surface area contributed by atoms with Gasteiger partial charge in [0.2, 0.25) is 0 Å². The Bertz CT molecular complexity index is 621. The van der Waals surface area contributed by atoms with Gasteiger partial charge in [0.15, 0.2) is 0 Å². The van der Waals surface area contributed by atoms with Crippen LogP contribution in [0.5, 0.6) is 0 Å². The first kappa shape index (κ1) is 22.8. The van der Waals surface area contributed by atoms with E-state index in [9.17, 15) is 4.21 Å². The van der Waals surface area contributed by atoms with Crippen molar-refractivity contribution < 1.29 is 13.7 Å². The number of methoxy groups -OCH3 is 1. The number of ether oxygens (including phenoxy) is 2. The van der Waals surface area contributed by atoms with Crippen LogP contribution in [-0.2, 0) is 25.9 Å². The van der Waals surface area contributed by atoms with Crippen molar-refractivity contribution in [3.8, 4) is 0 Å². The summed E-state index contributed by atoms with van der Waals surface area (Å²) in [5, 5.41) is 0.729. The van der Waals surface area contributed by atoms with E-state index in [1.165, 1.54) is 5.56 Å². The van der Waals surface area contributed by atoms with Crippen molar-refractivity contribution in [1.29, 1.82) is 0 Å². The molecule has 27 heavy (non-hydrogen) atoms. The molecule has 1 aromatic carbocycles. The molecule has 0 aromatic heterocycles. The zero-order chi connectivity index (χ0) is 20.2. The third-order valence-electron chi connectivity index (χ3n) is 5.20. The van der Waals surface area contributed by atoms with Gasteiger partial charge in [0.25, 0.3) is 0 Å². The van der Waals surface area contributed by atoms with E-state index in [4.69, 9.17) is 21.1 Å². The highest BCUT2D eigenvalue weighted by Gasteiger charge is 2.52. The summed E-state index contributed by atoms with van der Waals surface area (Å²) in [6.07, 6.45) is 2.86. The maximum Gasteiger partial charge on any atom is 0.146 e. The van der Waals surface area contributed by atoms with E-state index in [0.29, 0.717) is 12.7 Å². The summed E-state index contributed by atoms with van der Waals surface area (Å²) in [5.74, 6) is 0.489. The largest absolute Gasteiger partial charge is 0.359 e. The first-order valence-corrected chi connectivity index (χ1v) is 11.2. The summed E-state index contributed by atoms with van der Waals surface area (Å²) in [5.41, 5.74) is 1.11. The molecule has 1 N–H and O–H groups in total. The fourth-order valence-corrected chi connectivity index (χ4v) is 4.76. The number of nitrogens with one attached hydrogen (secondary N) is 1. The van der Waals surface area contributed by atoms with Crippen LogP contribution >= 0.6 is 11.6 Å². The molecule has 0 saturated heterocycles. The first-order valence-electron chi connectivity index (χ1n) is 9.63. The second-order valence-corrected chi connectivity index (χ2v) is 11.4. The molecule has 0 spiro atoms. The van der Waals surface area contributed by atoms with E-state index in [1.807, 2.05) is 32.9 Å². The van der Waals surface area contributed by atoms with Gasteiger partial charge in [0.05, 0.1) is 21.8 Å². The van der Waals surface area contributed by atoms with Gasteiger partial charge in [0, 0.05) is 23.6 Å². The van der Waals surface area contributed by atoms with Crippen LogP contribution in [0.25, 0.3) is 0 Å². The Morgan fingerprint density at radius 3 is 2.33 bits per heavy atom. The lowest BCUT2D eigenvalue weighted by atomic mass is 9.57. The molecule has 154 valence electrons. The van der Waals surface area contributed by atoms with Crippen LogP contribution in [-0.4, -0.2) is 35.0 Å².